The molecule has 0 radical (unpaired) electrons. The molecule has 1 N–H and O–H groups in total. The van der Waals surface area contributed by atoms with Gasteiger partial charge in [0.25, 0.3) is 0 Å². The van der Waals surface area contributed by atoms with Crippen LogP contribution < -0.4 is 10.1 Å². The van der Waals surface area contributed by atoms with Crippen LogP contribution in [-0.2, 0) is 11.3 Å². The lowest BCUT2D eigenvalue weighted by Gasteiger charge is -2.08. The normalized spacial score (nSPS) is 10.5. The van der Waals surface area contributed by atoms with Gasteiger partial charge in [-0.15, -0.1) is 10.2 Å². The molecule has 1 aromatic carbocycles. The third kappa shape index (κ3) is 4.20. The molecule has 7 nitrogen and oxygen atoms in total. The number of amides is 1. The van der Waals surface area contributed by atoms with Crippen molar-refractivity contribution >= 4 is 23.4 Å². The van der Waals surface area contributed by atoms with Gasteiger partial charge in [-0.25, -0.2) is 0 Å². The zero-order chi connectivity index (χ0) is 18.4. The molecule has 1 amide bonds. The summed E-state index contributed by atoms with van der Waals surface area (Å²) in [6, 6.07) is 12.9. The standard InChI is InChI=1S/C18H19N5O2S/c1-3-23-17(15-6-4-5-11-19-15)21-22-18(23)26-12-16(24)20-13-7-9-14(25-2)10-8-13/h4-11H,3,12H2,1-2H3,(H,20,24). The maximum absolute atomic E-state index is 12.2. The Bertz CT molecular complexity index is 865. The van der Waals surface area contributed by atoms with E-state index in [0.29, 0.717) is 17.5 Å². The highest BCUT2D eigenvalue weighted by Gasteiger charge is 2.15. The van der Waals surface area contributed by atoms with Gasteiger partial charge >= 0.3 is 0 Å². The van der Waals surface area contributed by atoms with Crippen LogP contribution >= 0.6 is 11.8 Å². The lowest BCUT2D eigenvalue weighted by Crippen LogP contribution is -2.14. The molecule has 8 heteroatoms. The van der Waals surface area contributed by atoms with Gasteiger partial charge in [0.15, 0.2) is 11.0 Å². The van der Waals surface area contributed by atoms with E-state index in [1.165, 1.54) is 11.8 Å². The van der Waals surface area contributed by atoms with Crippen LogP contribution in [0.4, 0.5) is 5.69 Å². The van der Waals surface area contributed by atoms with Crippen molar-refractivity contribution in [1.82, 2.24) is 19.7 Å². The van der Waals surface area contributed by atoms with Crippen molar-refractivity contribution in [2.24, 2.45) is 0 Å². The first kappa shape index (κ1) is 17.9. The number of rotatable bonds is 7. The molecule has 2 heterocycles. The van der Waals surface area contributed by atoms with Crippen molar-refractivity contribution in [2.75, 3.05) is 18.2 Å². The minimum absolute atomic E-state index is 0.106. The topological polar surface area (TPSA) is 81.9 Å². The predicted octanol–water partition coefficient (Wildman–Crippen LogP) is 3.10. The summed E-state index contributed by atoms with van der Waals surface area (Å²) in [6.07, 6.45) is 1.72. The molecule has 26 heavy (non-hydrogen) atoms. The summed E-state index contributed by atoms with van der Waals surface area (Å²) < 4.78 is 7.06. The summed E-state index contributed by atoms with van der Waals surface area (Å²) in [5.74, 6) is 1.58. The number of hydrogen-bond acceptors (Lipinski definition) is 6. The van der Waals surface area contributed by atoms with E-state index < -0.39 is 0 Å². The van der Waals surface area contributed by atoms with Gasteiger partial charge in [-0.2, -0.15) is 0 Å². The number of carbonyl (C=O) groups is 1. The Morgan fingerprint density at radius 3 is 2.65 bits per heavy atom. The van der Waals surface area contributed by atoms with Gasteiger partial charge in [-0.3, -0.25) is 9.78 Å². The molecule has 0 aliphatic heterocycles. The number of carbonyl (C=O) groups excluding carboxylic acids is 1. The molecule has 134 valence electrons. The van der Waals surface area contributed by atoms with Crippen molar-refractivity contribution < 1.29 is 9.53 Å². The van der Waals surface area contributed by atoms with Crippen LogP contribution in [-0.4, -0.2) is 38.5 Å². The van der Waals surface area contributed by atoms with Crippen LogP contribution in [0.2, 0.25) is 0 Å². The molecule has 3 aromatic rings. The Morgan fingerprint density at radius 1 is 1.19 bits per heavy atom. The number of aromatic nitrogens is 4. The number of ether oxygens (including phenoxy) is 1. The van der Waals surface area contributed by atoms with Crippen LogP contribution in [0.1, 0.15) is 6.92 Å². The van der Waals surface area contributed by atoms with Gasteiger partial charge in [-0.1, -0.05) is 17.8 Å². The fourth-order valence-corrected chi connectivity index (χ4v) is 3.17. The van der Waals surface area contributed by atoms with Gasteiger partial charge in [0.2, 0.25) is 5.91 Å². The van der Waals surface area contributed by atoms with Crippen molar-refractivity contribution in [3.63, 3.8) is 0 Å². The van der Waals surface area contributed by atoms with E-state index in [-0.39, 0.29) is 11.7 Å². The van der Waals surface area contributed by atoms with E-state index in [1.54, 1.807) is 37.6 Å². The molecule has 0 bridgehead atoms. The van der Waals surface area contributed by atoms with Crippen LogP contribution in [0, 0.1) is 0 Å². The van der Waals surface area contributed by atoms with Crippen molar-refractivity contribution in [1.29, 1.82) is 0 Å². The van der Waals surface area contributed by atoms with Crippen LogP contribution in [0.3, 0.4) is 0 Å². The van der Waals surface area contributed by atoms with Gasteiger partial charge in [-0.05, 0) is 43.3 Å². The molecule has 0 fully saturated rings. The number of methoxy groups -OCH3 is 1. The lowest BCUT2D eigenvalue weighted by molar-refractivity contribution is -0.113. The van der Waals surface area contributed by atoms with Crippen molar-refractivity contribution in [3.05, 3.63) is 48.7 Å². The summed E-state index contributed by atoms with van der Waals surface area (Å²) in [5, 5.41) is 12.0. The minimum atomic E-state index is -0.106. The predicted molar refractivity (Wildman–Crippen MR) is 101 cm³/mol. The second-order valence-electron chi connectivity index (χ2n) is 5.33. The van der Waals surface area contributed by atoms with E-state index in [9.17, 15) is 4.79 Å². The molecular formula is C18H19N5O2S. The number of benzene rings is 1. The average Bonchev–Trinajstić information content (AvgIpc) is 3.10. The van der Waals surface area contributed by atoms with E-state index in [4.69, 9.17) is 4.74 Å². The highest BCUT2D eigenvalue weighted by Crippen LogP contribution is 2.23. The maximum atomic E-state index is 12.2. The molecule has 0 unspecified atom stereocenters. The summed E-state index contributed by atoms with van der Waals surface area (Å²) >= 11 is 1.35. The van der Waals surface area contributed by atoms with Gasteiger partial charge in [0.05, 0.1) is 12.9 Å². The molecule has 0 aliphatic rings. The highest BCUT2D eigenvalue weighted by molar-refractivity contribution is 7.99. The summed E-state index contributed by atoms with van der Waals surface area (Å²) in [4.78, 5) is 16.5. The van der Waals surface area contributed by atoms with Crippen LogP contribution in [0.5, 0.6) is 5.75 Å². The molecule has 0 saturated heterocycles. The van der Waals surface area contributed by atoms with Crippen LogP contribution in [0.25, 0.3) is 11.5 Å². The zero-order valence-corrected chi connectivity index (χ0v) is 15.4. The maximum Gasteiger partial charge on any atom is 0.234 e. The number of thioether (sulfide) groups is 1. The van der Waals surface area contributed by atoms with E-state index >= 15 is 0 Å². The molecule has 0 saturated carbocycles. The molecule has 0 atom stereocenters. The number of nitrogens with zero attached hydrogens (tertiary/aromatic N) is 4. The monoisotopic (exact) mass is 369 g/mol. The van der Waals surface area contributed by atoms with Gasteiger partial charge in [0.1, 0.15) is 11.4 Å². The Hall–Kier alpha value is -2.87. The van der Waals surface area contributed by atoms with E-state index in [0.717, 1.165) is 17.1 Å². The Labute approximate surface area is 155 Å². The Morgan fingerprint density at radius 2 is 2.00 bits per heavy atom. The molecule has 0 aliphatic carbocycles. The zero-order valence-electron chi connectivity index (χ0n) is 14.5. The second-order valence-corrected chi connectivity index (χ2v) is 6.27. The SMILES string of the molecule is CCn1c(SCC(=O)Nc2ccc(OC)cc2)nnc1-c1ccccn1. The first-order valence-electron chi connectivity index (χ1n) is 8.12. The Kier molecular flexibility index (Phi) is 5.85. The fourth-order valence-electron chi connectivity index (χ4n) is 2.37. The summed E-state index contributed by atoms with van der Waals surface area (Å²) in [7, 11) is 1.60. The molecular weight excluding hydrogens is 350 g/mol. The number of hydrogen-bond donors (Lipinski definition) is 1. The largest absolute Gasteiger partial charge is 0.497 e. The number of anilines is 1. The summed E-state index contributed by atoms with van der Waals surface area (Å²) in [6.45, 7) is 2.71. The molecule has 2 aromatic heterocycles. The third-order valence-corrected chi connectivity index (χ3v) is 4.60. The van der Waals surface area contributed by atoms with Crippen LogP contribution in [0.15, 0.2) is 53.8 Å². The quantitative estimate of drug-likeness (QED) is 0.645. The average molecular weight is 369 g/mol. The number of pyridine rings is 1. The van der Waals surface area contributed by atoms with Gasteiger partial charge < -0.3 is 14.6 Å². The molecule has 3 rings (SSSR count). The first-order valence-corrected chi connectivity index (χ1v) is 9.11. The second kappa shape index (κ2) is 8.48. The summed E-state index contributed by atoms with van der Waals surface area (Å²) in [5.41, 5.74) is 1.49. The fraction of sp³-hybridized carbons (Fsp3) is 0.222. The number of nitrogens with one attached hydrogen (secondary N) is 1. The lowest BCUT2D eigenvalue weighted by atomic mass is 10.3. The molecule has 0 spiro atoms. The first-order chi connectivity index (χ1) is 12.7. The highest BCUT2D eigenvalue weighted by atomic mass is 32.2. The van der Waals surface area contributed by atoms with Crippen molar-refractivity contribution in [3.8, 4) is 17.3 Å². The van der Waals surface area contributed by atoms with E-state index in [1.807, 2.05) is 29.7 Å². The minimum Gasteiger partial charge on any atom is -0.497 e. The van der Waals surface area contributed by atoms with Gasteiger partial charge in [0, 0.05) is 18.4 Å². The Balaban J connectivity index is 1.64. The van der Waals surface area contributed by atoms with E-state index in [2.05, 4.69) is 20.5 Å². The smallest absolute Gasteiger partial charge is 0.234 e. The third-order valence-electron chi connectivity index (χ3n) is 3.63. The van der Waals surface area contributed by atoms with Crippen molar-refractivity contribution in [2.45, 2.75) is 18.6 Å².